The fourth-order valence-corrected chi connectivity index (χ4v) is 0.879. The summed E-state index contributed by atoms with van der Waals surface area (Å²) in [4.78, 5) is 14.4. The van der Waals surface area contributed by atoms with E-state index < -0.39 is 12.1 Å². The van der Waals surface area contributed by atoms with E-state index in [2.05, 4.69) is 4.98 Å². The van der Waals surface area contributed by atoms with Gasteiger partial charge in [0.25, 0.3) is 0 Å². The molecular weight excluding hydrogens is 158 g/mol. The maximum atomic E-state index is 10.6. The number of hydrogen-bond donors (Lipinski definition) is 1. The molecule has 1 aromatic heterocycles. The van der Waals surface area contributed by atoms with Crippen molar-refractivity contribution < 1.29 is 14.6 Å². The van der Waals surface area contributed by atoms with Crippen molar-refractivity contribution in [3.8, 4) is 0 Å². The zero-order valence-electron chi connectivity index (χ0n) is 6.60. The molecule has 0 radical (unpaired) electrons. The minimum atomic E-state index is -1.03. The van der Waals surface area contributed by atoms with E-state index in [-0.39, 0.29) is 0 Å². The smallest absolute Gasteiger partial charge is 0.339 e. The van der Waals surface area contributed by atoms with Gasteiger partial charge in [-0.2, -0.15) is 0 Å². The molecule has 0 unspecified atom stereocenters. The number of nitrogens with zero attached hydrogens (tertiary/aromatic N) is 1. The molecule has 1 N–H and O–H groups in total. The largest absolute Gasteiger partial charge is 0.479 e. The van der Waals surface area contributed by atoms with E-state index in [4.69, 9.17) is 9.84 Å². The van der Waals surface area contributed by atoms with E-state index in [0.29, 0.717) is 5.69 Å². The van der Waals surface area contributed by atoms with Gasteiger partial charge in [0.05, 0.1) is 5.69 Å². The van der Waals surface area contributed by atoms with Crippen molar-refractivity contribution in [1.29, 1.82) is 0 Å². The number of aromatic nitrogens is 1. The molecule has 0 spiro atoms. The highest BCUT2D eigenvalue weighted by atomic mass is 16.5. The molecule has 0 aliphatic heterocycles. The molecule has 1 aromatic rings. The minimum absolute atomic E-state index is 0.410. The number of aliphatic carboxylic acids is 1. The lowest BCUT2D eigenvalue weighted by Gasteiger charge is -2.08. The van der Waals surface area contributed by atoms with Crippen LogP contribution in [0.25, 0.3) is 0 Å². The molecule has 1 atom stereocenters. The van der Waals surface area contributed by atoms with Gasteiger partial charge in [-0.15, -0.1) is 0 Å². The molecule has 0 saturated heterocycles. The summed E-state index contributed by atoms with van der Waals surface area (Å²) in [6, 6.07) is 5.05. The Balaban J connectivity index is 2.88. The summed E-state index contributed by atoms with van der Waals surface area (Å²) in [5.41, 5.74) is 0.410. The Morgan fingerprint density at radius 3 is 2.83 bits per heavy atom. The van der Waals surface area contributed by atoms with Gasteiger partial charge in [0.2, 0.25) is 0 Å². The van der Waals surface area contributed by atoms with Crippen molar-refractivity contribution in [3.05, 3.63) is 30.1 Å². The van der Waals surface area contributed by atoms with Crippen LogP contribution < -0.4 is 0 Å². The number of methoxy groups -OCH3 is 1. The lowest BCUT2D eigenvalue weighted by atomic mass is 10.2. The third-order valence-electron chi connectivity index (χ3n) is 1.42. The number of carboxylic acids is 1. The molecule has 12 heavy (non-hydrogen) atoms. The van der Waals surface area contributed by atoms with Gasteiger partial charge < -0.3 is 9.84 Å². The van der Waals surface area contributed by atoms with Gasteiger partial charge in [0.1, 0.15) is 0 Å². The Morgan fingerprint density at radius 1 is 1.67 bits per heavy atom. The van der Waals surface area contributed by atoms with E-state index in [1.165, 1.54) is 13.3 Å². The van der Waals surface area contributed by atoms with Gasteiger partial charge in [-0.3, -0.25) is 4.98 Å². The summed E-state index contributed by atoms with van der Waals surface area (Å²) in [5, 5.41) is 8.66. The van der Waals surface area contributed by atoms with Crippen molar-refractivity contribution in [2.24, 2.45) is 0 Å². The summed E-state index contributed by atoms with van der Waals surface area (Å²) in [5.74, 6) is -1.03. The Kier molecular flexibility index (Phi) is 2.76. The minimum Gasteiger partial charge on any atom is -0.479 e. The Labute approximate surface area is 69.8 Å². The molecule has 0 amide bonds. The predicted octanol–water partition coefficient (Wildman–Crippen LogP) is 0.854. The first-order chi connectivity index (χ1) is 5.75. The van der Waals surface area contributed by atoms with Crippen LogP contribution in [0, 0.1) is 0 Å². The molecular formula is C8H9NO3. The first-order valence-corrected chi connectivity index (χ1v) is 3.42. The third kappa shape index (κ3) is 1.79. The average molecular weight is 167 g/mol. The number of carboxylic acid groups (broad SMARTS) is 1. The number of hydrogen-bond acceptors (Lipinski definition) is 3. The molecule has 0 aliphatic rings. The zero-order chi connectivity index (χ0) is 8.97. The molecule has 4 heteroatoms. The van der Waals surface area contributed by atoms with E-state index in [1.54, 1.807) is 18.2 Å². The number of ether oxygens (including phenoxy) is 1. The second-order valence-corrected chi connectivity index (χ2v) is 2.21. The average Bonchev–Trinajstić information content (AvgIpc) is 2.07. The van der Waals surface area contributed by atoms with E-state index in [1.807, 2.05) is 0 Å². The normalized spacial score (nSPS) is 12.4. The molecule has 1 rings (SSSR count). The summed E-state index contributed by atoms with van der Waals surface area (Å²) in [6.45, 7) is 0. The summed E-state index contributed by atoms with van der Waals surface area (Å²) >= 11 is 0. The summed E-state index contributed by atoms with van der Waals surface area (Å²) in [6.07, 6.45) is 0.566. The molecule has 64 valence electrons. The Morgan fingerprint density at radius 2 is 2.42 bits per heavy atom. The SMILES string of the molecule is CO[C@@H](C(=O)O)c1ccccn1. The highest BCUT2D eigenvalue weighted by Gasteiger charge is 2.19. The zero-order valence-corrected chi connectivity index (χ0v) is 6.60. The van der Waals surface area contributed by atoms with Crippen LogP contribution in [-0.4, -0.2) is 23.2 Å². The van der Waals surface area contributed by atoms with E-state index >= 15 is 0 Å². The molecule has 4 nitrogen and oxygen atoms in total. The van der Waals surface area contributed by atoms with Crippen LogP contribution in [0.3, 0.4) is 0 Å². The second-order valence-electron chi connectivity index (χ2n) is 2.21. The number of pyridine rings is 1. The topological polar surface area (TPSA) is 59.4 Å². The highest BCUT2D eigenvalue weighted by Crippen LogP contribution is 2.12. The van der Waals surface area contributed by atoms with Gasteiger partial charge in [-0.05, 0) is 12.1 Å². The summed E-state index contributed by atoms with van der Waals surface area (Å²) < 4.78 is 4.74. The lowest BCUT2D eigenvalue weighted by molar-refractivity contribution is -0.149. The molecule has 0 aromatic carbocycles. The monoisotopic (exact) mass is 167 g/mol. The third-order valence-corrected chi connectivity index (χ3v) is 1.42. The lowest BCUT2D eigenvalue weighted by Crippen LogP contribution is -2.14. The van der Waals surface area contributed by atoms with Gasteiger partial charge in [-0.25, -0.2) is 4.79 Å². The van der Waals surface area contributed by atoms with Crippen molar-refractivity contribution in [2.75, 3.05) is 7.11 Å². The van der Waals surface area contributed by atoms with Crippen molar-refractivity contribution >= 4 is 5.97 Å². The molecule has 0 aliphatic carbocycles. The fraction of sp³-hybridized carbons (Fsp3) is 0.250. The second kappa shape index (κ2) is 3.82. The Hall–Kier alpha value is -1.42. The quantitative estimate of drug-likeness (QED) is 0.725. The Bertz CT molecular complexity index is 260. The number of carbonyl (C=O) groups is 1. The van der Waals surface area contributed by atoms with Gasteiger partial charge in [-0.1, -0.05) is 6.07 Å². The molecule has 0 bridgehead atoms. The van der Waals surface area contributed by atoms with Gasteiger partial charge in [0.15, 0.2) is 6.10 Å². The van der Waals surface area contributed by atoms with Gasteiger partial charge in [0, 0.05) is 13.3 Å². The van der Waals surface area contributed by atoms with Crippen LogP contribution in [0.4, 0.5) is 0 Å². The number of rotatable bonds is 3. The maximum absolute atomic E-state index is 10.6. The molecule has 1 heterocycles. The van der Waals surface area contributed by atoms with Crippen molar-refractivity contribution in [1.82, 2.24) is 4.98 Å². The van der Waals surface area contributed by atoms with Crippen molar-refractivity contribution in [2.45, 2.75) is 6.10 Å². The molecule has 0 saturated carbocycles. The van der Waals surface area contributed by atoms with Crippen LogP contribution in [-0.2, 0) is 9.53 Å². The summed E-state index contributed by atoms with van der Waals surface area (Å²) in [7, 11) is 1.34. The van der Waals surface area contributed by atoms with Crippen LogP contribution in [0.5, 0.6) is 0 Å². The molecule has 0 fully saturated rings. The highest BCUT2D eigenvalue weighted by molar-refractivity contribution is 5.73. The van der Waals surface area contributed by atoms with Crippen molar-refractivity contribution in [3.63, 3.8) is 0 Å². The fourth-order valence-electron chi connectivity index (χ4n) is 0.879. The predicted molar refractivity (Wildman–Crippen MR) is 41.6 cm³/mol. The standard InChI is InChI=1S/C8H9NO3/c1-12-7(8(10)11)6-4-2-3-5-9-6/h2-5,7H,1H3,(H,10,11)/t7-/m1/s1. The van der Waals surface area contributed by atoms with Crippen LogP contribution in [0.1, 0.15) is 11.8 Å². The van der Waals surface area contributed by atoms with E-state index in [9.17, 15) is 4.79 Å². The first-order valence-electron chi connectivity index (χ1n) is 3.42. The van der Waals surface area contributed by atoms with Crippen LogP contribution in [0.2, 0.25) is 0 Å². The van der Waals surface area contributed by atoms with Crippen LogP contribution in [0.15, 0.2) is 24.4 Å². The maximum Gasteiger partial charge on any atom is 0.339 e. The van der Waals surface area contributed by atoms with E-state index in [0.717, 1.165) is 0 Å². The first kappa shape index (κ1) is 8.67. The van der Waals surface area contributed by atoms with Crippen LogP contribution >= 0.6 is 0 Å². The van der Waals surface area contributed by atoms with Gasteiger partial charge >= 0.3 is 5.97 Å².